The molecule has 5 fully saturated rings. The quantitative estimate of drug-likeness (QED) is 0.298. The fourth-order valence-electron chi connectivity index (χ4n) is 8.05. The number of nitrogens with one attached hydrogen (secondary N) is 1. The average molecular weight is 643 g/mol. The van der Waals surface area contributed by atoms with Gasteiger partial charge in [0.05, 0.1) is 16.6 Å². The molecule has 5 saturated heterocycles. The van der Waals surface area contributed by atoms with E-state index in [1.807, 2.05) is 4.90 Å². The first-order valence-electron chi connectivity index (χ1n) is 15.6. The summed E-state index contributed by atoms with van der Waals surface area (Å²) < 4.78 is 80.7. The van der Waals surface area contributed by atoms with E-state index in [0.717, 1.165) is 81.9 Å². The molecule has 2 N–H and O–H groups in total. The number of piperidine rings is 2. The van der Waals surface area contributed by atoms with Crippen molar-refractivity contribution >= 4 is 27.5 Å². The second-order valence-electron chi connectivity index (χ2n) is 12.9. The molecule has 2 aromatic carbocycles. The molecule has 0 amide bonds. The van der Waals surface area contributed by atoms with Gasteiger partial charge in [-0.3, -0.25) is 14.3 Å². The van der Waals surface area contributed by atoms with Gasteiger partial charge in [-0.1, -0.05) is 6.07 Å². The average Bonchev–Trinajstić information content (AvgIpc) is 3.62. The summed E-state index contributed by atoms with van der Waals surface area (Å²) in [6.45, 7) is 3.25. The number of halogens is 5. The summed E-state index contributed by atoms with van der Waals surface area (Å²) in [5.41, 5.74) is -3.87. The fraction of sp³-hybridized carbons (Fsp3) is 0.469. The maximum Gasteiger partial charge on any atom is 0.431 e. The summed E-state index contributed by atoms with van der Waals surface area (Å²) in [6, 6.07) is 4.50. The number of hydrogen-bond donors (Lipinski definition) is 2. The van der Waals surface area contributed by atoms with Gasteiger partial charge in [-0.25, -0.2) is 8.78 Å². The second-order valence-corrected chi connectivity index (χ2v) is 12.9. The molecular weight excluding hydrogens is 611 g/mol. The Bertz CT molecular complexity index is 1930. The van der Waals surface area contributed by atoms with E-state index in [2.05, 4.69) is 20.2 Å². The molecule has 0 radical (unpaired) electrons. The minimum absolute atomic E-state index is 0.0708. The molecule has 2 atom stereocenters. The van der Waals surface area contributed by atoms with E-state index >= 15 is 4.39 Å². The van der Waals surface area contributed by atoms with Gasteiger partial charge >= 0.3 is 12.2 Å². The van der Waals surface area contributed by atoms with E-state index in [-0.39, 0.29) is 56.9 Å². The Morgan fingerprint density at radius 3 is 2.52 bits per heavy atom. The number of benzene rings is 2. The molecule has 2 aromatic heterocycles. The number of ether oxygens (including phenoxy) is 1. The third-order valence-corrected chi connectivity index (χ3v) is 10.2. The number of phenols is 1. The van der Waals surface area contributed by atoms with E-state index in [1.54, 1.807) is 0 Å². The summed E-state index contributed by atoms with van der Waals surface area (Å²) in [4.78, 5) is 27.7. The zero-order chi connectivity index (χ0) is 32.0. The van der Waals surface area contributed by atoms with Crippen LogP contribution < -0.4 is 20.5 Å². The number of fused-ring (bicyclic) bond motifs is 6. The highest BCUT2D eigenvalue weighted by molar-refractivity contribution is 5.94. The molecule has 0 saturated carbocycles. The number of hydrogen-bond acceptors (Lipinski definition) is 8. The Morgan fingerprint density at radius 1 is 1.07 bits per heavy atom. The largest absolute Gasteiger partial charge is 0.508 e. The molecule has 7 heterocycles. The van der Waals surface area contributed by atoms with Crippen LogP contribution in [-0.2, 0) is 6.18 Å². The van der Waals surface area contributed by atoms with Crippen molar-refractivity contribution in [1.29, 1.82) is 0 Å². The summed E-state index contributed by atoms with van der Waals surface area (Å²) in [7, 11) is 0. The maximum atomic E-state index is 15.2. The number of piperazine rings is 1. The number of anilines is 1. The van der Waals surface area contributed by atoms with Crippen LogP contribution in [0.1, 0.15) is 44.2 Å². The predicted molar refractivity (Wildman–Crippen MR) is 160 cm³/mol. The molecule has 14 heteroatoms. The fourth-order valence-corrected chi connectivity index (χ4v) is 8.05. The van der Waals surface area contributed by atoms with Crippen molar-refractivity contribution in [2.45, 2.75) is 62.3 Å². The lowest BCUT2D eigenvalue weighted by molar-refractivity contribution is -0.142. The smallest absolute Gasteiger partial charge is 0.431 e. The Balaban J connectivity index is 1.37. The second kappa shape index (κ2) is 10.5. The molecule has 9 nitrogen and oxygen atoms in total. The molecule has 0 aliphatic carbocycles. The Labute approximate surface area is 259 Å². The van der Waals surface area contributed by atoms with Crippen molar-refractivity contribution in [2.75, 3.05) is 37.7 Å². The van der Waals surface area contributed by atoms with Crippen molar-refractivity contribution in [3.63, 3.8) is 0 Å². The van der Waals surface area contributed by atoms with Gasteiger partial charge in [-0.05, 0) is 75.2 Å². The van der Waals surface area contributed by atoms with Gasteiger partial charge in [0.15, 0.2) is 11.6 Å². The van der Waals surface area contributed by atoms with Gasteiger partial charge in [-0.15, -0.1) is 0 Å². The van der Waals surface area contributed by atoms with Crippen LogP contribution in [0.25, 0.3) is 27.4 Å². The number of rotatable bonds is 5. The SMILES string of the molecule is O=c1c2nc(OCC34CCCN3CCC4)nc(N3CC4CCC3CN4)c2cc(C(F)(F)F)n1-c1cc(O)cc2ccc(F)c(F)c12. The van der Waals surface area contributed by atoms with Gasteiger partial charge in [0.2, 0.25) is 0 Å². The molecule has 46 heavy (non-hydrogen) atoms. The topological polar surface area (TPSA) is 95.8 Å². The van der Waals surface area contributed by atoms with Crippen molar-refractivity contribution in [3.05, 3.63) is 58.0 Å². The summed E-state index contributed by atoms with van der Waals surface area (Å²) in [5.74, 6) is -3.14. The number of aromatic hydroxyl groups is 1. The first-order chi connectivity index (χ1) is 22.0. The zero-order valence-electron chi connectivity index (χ0n) is 24.7. The van der Waals surface area contributed by atoms with Gasteiger partial charge in [-0.2, -0.15) is 23.1 Å². The number of pyridine rings is 1. The normalized spacial score (nSPS) is 22.7. The molecule has 2 unspecified atom stereocenters. The van der Waals surface area contributed by atoms with Crippen LogP contribution in [0.3, 0.4) is 0 Å². The van der Waals surface area contributed by atoms with E-state index in [9.17, 15) is 27.5 Å². The number of alkyl halides is 3. The van der Waals surface area contributed by atoms with Crippen LogP contribution in [0.5, 0.6) is 11.8 Å². The number of nitrogens with zero attached hydrogens (tertiary/aromatic N) is 5. The Morgan fingerprint density at radius 2 is 1.85 bits per heavy atom. The predicted octanol–water partition coefficient (Wildman–Crippen LogP) is 4.88. The highest BCUT2D eigenvalue weighted by atomic mass is 19.4. The highest BCUT2D eigenvalue weighted by Crippen LogP contribution is 2.41. The molecule has 242 valence electrons. The van der Waals surface area contributed by atoms with Crippen LogP contribution in [-0.4, -0.2) is 75.0 Å². The molecule has 9 rings (SSSR count). The van der Waals surface area contributed by atoms with Crippen LogP contribution in [0.4, 0.5) is 27.8 Å². The van der Waals surface area contributed by atoms with Gasteiger partial charge in [0.1, 0.15) is 29.4 Å². The van der Waals surface area contributed by atoms with E-state index in [4.69, 9.17) is 4.74 Å². The van der Waals surface area contributed by atoms with Crippen molar-refractivity contribution in [3.8, 4) is 17.4 Å². The molecule has 0 spiro atoms. The molecular formula is C32H31F5N6O3. The monoisotopic (exact) mass is 642 g/mol. The standard InChI is InChI=1S/C32H31F5N6O3/c33-22-6-3-17-11-20(44)12-23(25(17)26(22)34)43-24(32(35,36)37)13-21-27(29(43)45)39-30(46-16-31-7-1-9-41(31)10-2-8-31)40-28(21)42-15-18-4-5-19(42)14-38-18/h3,6,11-13,18-19,38,44H,1-2,4-5,7-10,14-16H2. The molecule has 2 bridgehead atoms. The van der Waals surface area contributed by atoms with Gasteiger partial charge in [0, 0.05) is 36.6 Å². The Hall–Kier alpha value is -4.04. The Kier molecular flexibility index (Phi) is 6.70. The third-order valence-electron chi connectivity index (χ3n) is 10.2. The van der Waals surface area contributed by atoms with Crippen LogP contribution >= 0.6 is 0 Å². The minimum atomic E-state index is -5.11. The summed E-state index contributed by atoms with van der Waals surface area (Å²) >= 11 is 0. The van der Waals surface area contributed by atoms with Crippen molar-refractivity contribution < 1.29 is 31.8 Å². The molecule has 5 aliphatic rings. The van der Waals surface area contributed by atoms with E-state index in [1.165, 1.54) is 0 Å². The van der Waals surface area contributed by atoms with Gasteiger partial charge < -0.3 is 20.1 Å². The lowest BCUT2D eigenvalue weighted by atomic mass is 9.93. The first kappa shape index (κ1) is 29.4. The number of phenolic OH excluding ortho intramolecular Hbond substituents is 1. The third kappa shape index (κ3) is 4.59. The summed E-state index contributed by atoms with van der Waals surface area (Å²) in [5, 5.41) is 13.0. The lowest BCUT2D eigenvalue weighted by Gasteiger charge is -2.46. The minimum Gasteiger partial charge on any atom is -0.508 e. The van der Waals surface area contributed by atoms with Crippen molar-refractivity contribution in [1.82, 2.24) is 24.8 Å². The lowest BCUT2D eigenvalue weighted by Crippen LogP contribution is -2.61. The highest BCUT2D eigenvalue weighted by Gasteiger charge is 2.45. The number of aromatic nitrogens is 3. The molecule has 4 aromatic rings. The van der Waals surface area contributed by atoms with Crippen LogP contribution in [0.2, 0.25) is 0 Å². The van der Waals surface area contributed by atoms with E-state index < -0.39 is 45.9 Å². The van der Waals surface area contributed by atoms with Gasteiger partial charge in [0.25, 0.3) is 5.56 Å². The maximum absolute atomic E-state index is 15.2. The van der Waals surface area contributed by atoms with Crippen molar-refractivity contribution in [2.24, 2.45) is 0 Å². The van der Waals surface area contributed by atoms with Crippen LogP contribution in [0, 0.1) is 11.6 Å². The molecule has 5 aliphatic heterocycles. The zero-order valence-corrected chi connectivity index (χ0v) is 24.7. The van der Waals surface area contributed by atoms with E-state index in [0.29, 0.717) is 13.1 Å². The van der Waals surface area contributed by atoms with Crippen LogP contribution in [0.15, 0.2) is 35.1 Å². The first-order valence-corrected chi connectivity index (χ1v) is 15.6. The summed E-state index contributed by atoms with van der Waals surface area (Å²) in [6.07, 6.45) is 0.498.